The third kappa shape index (κ3) is 41.5. The minimum Gasteiger partial charge on any atom is -0.387 e. The number of carbonyl (C=O) groups is 1. The van der Waals surface area contributed by atoms with E-state index in [9.17, 15) is 22.9 Å². The number of hydrogen-bond acceptors (Lipinski definition) is 4. The minimum atomic E-state index is -4.36. The topological polar surface area (TPSA) is 104 Å². The molecule has 0 aromatic carbocycles. The summed E-state index contributed by atoms with van der Waals surface area (Å²) in [6.07, 6.45) is 55.3. The van der Waals surface area contributed by atoms with Gasteiger partial charge in [-0.05, 0) is 70.6 Å². The number of hydrogen-bond donors (Lipinski definition) is 3. The molecule has 0 fully saturated rings. The van der Waals surface area contributed by atoms with E-state index in [2.05, 4.69) is 55.6 Å². The first-order chi connectivity index (χ1) is 26.3. The summed E-state index contributed by atoms with van der Waals surface area (Å²) in [6.45, 7) is 4.53. The van der Waals surface area contributed by atoms with Gasteiger partial charge in [-0.15, -0.1) is 0 Å². The van der Waals surface area contributed by atoms with Gasteiger partial charge in [-0.25, -0.2) is 0 Å². The van der Waals surface area contributed by atoms with Gasteiger partial charge in [0.05, 0.1) is 17.9 Å². The lowest BCUT2D eigenvalue weighted by molar-refractivity contribution is -0.122. The number of rotatable bonds is 41. The van der Waals surface area contributed by atoms with Gasteiger partial charge in [-0.1, -0.05) is 197 Å². The molecule has 0 bridgehead atoms. The number of unbranched alkanes of at least 4 members (excludes halogenated alkanes) is 27. The van der Waals surface area contributed by atoms with Crippen LogP contribution < -0.4 is 5.32 Å². The normalized spacial score (nSPS) is 13.6. The smallest absolute Gasteiger partial charge is 0.267 e. The zero-order valence-electron chi connectivity index (χ0n) is 35.3. The molecule has 0 heterocycles. The average Bonchev–Trinajstić information content (AvgIpc) is 3.14. The maximum absolute atomic E-state index is 12.5. The van der Waals surface area contributed by atoms with Gasteiger partial charge in [0.1, 0.15) is 0 Å². The Morgan fingerprint density at radius 1 is 0.481 bits per heavy atom. The summed E-state index contributed by atoms with van der Waals surface area (Å²) in [5, 5.41) is 13.2. The lowest BCUT2D eigenvalue weighted by Gasteiger charge is -2.21. The maximum Gasteiger partial charge on any atom is 0.267 e. The molecular weight excluding hydrogens is 691 g/mol. The molecule has 0 aliphatic rings. The lowest BCUT2D eigenvalue weighted by Crippen LogP contribution is -2.46. The number of amides is 1. The van der Waals surface area contributed by atoms with Crippen LogP contribution in [0, 0.1) is 0 Å². The van der Waals surface area contributed by atoms with Crippen molar-refractivity contribution in [1.82, 2.24) is 5.32 Å². The predicted octanol–water partition coefficient (Wildman–Crippen LogP) is 13.9. The summed E-state index contributed by atoms with van der Waals surface area (Å²) in [5.41, 5.74) is 0. The van der Waals surface area contributed by atoms with E-state index in [0.29, 0.717) is 6.42 Å². The van der Waals surface area contributed by atoms with Crippen LogP contribution in [0.4, 0.5) is 0 Å². The summed E-state index contributed by atoms with van der Waals surface area (Å²) in [5.74, 6) is -1.01. The van der Waals surface area contributed by atoms with Gasteiger partial charge in [0.15, 0.2) is 0 Å². The molecule has 2 atom stereocenters. The summed E-state index contributed by atoms with van der Waals surface area (Å²) in [7, 11) is -4.36. The van der Waals surface area contributed by atoms with E-state index in [1.165, 1.54) is 167 Å². The minimum absolute atomic E-state index is 0.282. The first-order valence-corrected chi connectivity index (χ1v) is 24.4. The molecule has 0 spiro atoms. The van der Waals surface area contributed by atoms with E-state index in [0.717, 1.165) is 38.5 Å². The van der Waals surface area contributed by atoms with Crippen LogP contribution in [-0.4, -0.2) is 41.9 Å². The van der Waals surface area contributed by atoms with Crippen LogP contribution in [0.15, 0.2) is 48.6 Å². The van der Waals surface area contributed by atoms with Crippen LogP contribution in [0.2, 0.25) is 0 Å². The monoisotopic (exact) mass is 778 g/mol. The highest BCUT2D eigenvalue weighted by molar-refractivity contribution is 7.85. The zero-order chi connectivity index (χ0) is 39.6. The Morgan fingerprint density at radius 3 is 1.17 bits per heavy atom. The van der Waals surface area contributed by atoms with Crippen molar-refractivity contribution in [1.29, 1.82) is 0 Å². The summed E-state index contributed by atoms with van der Waals surface area (Å²) >= 11 is 0. The highest BCUT2D eigenvalue weighted by Gasteiger charge is 2.24. The van der Waals surface area contributed by atoms with Gasteiger partial charge in [-0.3, -0.25) is 9.35 Å². The molecule has 0 aliphatic carbocycles. The van der Waals surface area contributed by atoms with Crippen molar-refractivity contribution in [2.24, 2.45) is 0 Å². The second-order valence-corrected chi connectivity index (χ2v) is 17.2. The third-order valence-corrected chi connectivity index (χ3v) is 11.0. The van der Waals surface area contributed by atoms with Gasteiger partial charge in [0.2, 0.25) is 5.91 Å². The molecule has 0 aromatic heterocycles. The SMILES string of the molecule is CCCCCCCCCC/C=C\CCCCCCCCCCCC(=O)NC(CS(=O)(=O)O)C(O)/C=C/CC/C=C/CC/C=C/CCCCCCCCCC. The highest BCUT2D eigenvalue weighted by atomic mass is 32.2. The molecule has 0 aliphatic heterocycles. The molecule has 3 N–H and O–H groups in total. The van der Waals surface area contributed by atoms with Gasteiger partial charge in [0.25, 0.3) is 10.1 Å². The number of aliphatic hydroxyl groups is 1. The van der Waals surface area contributed by atoms with E-state index in [1.54, 1.807) is 6.08 Å². The van der Waals surface area contributed by atoms with Crippen LogP contribution in [0.25, 0.3) is 0 Å². The van der Waals surface area contributed by atoms with Gasteiger partial charge < -0.3 is 10.4 Å². The summed E-state index contributed by atoms with van der Waals surface area (Å²) in [6, 6.07) is -1.08. The fourth-order valence-electron chi connectivity index (χ4n) is 6.77. The van der Waals surface area contributed by atoms with Crippen molar-refractivity contribution in [2.75, 3.05) is 5.75 Å². The van der Waals surface area contributed by atoms with Crippen LogP contribution in [0.5, 0.6) is 0 Å². The molecular formula is C47H87NO5S. The Hall–Kier alpha value is -1.70. The van der Waals surface area contributed by atoms with E-state index in [1.807, 2.05) is 0 Å². The van der Waals surface area contributed by atoms with Gasteiger partial charge >= 0.3 is 0 Å². The van der Waals surface area contributed by atoms with E-state index >= 15 is 0 Å². The summed E-state index contributed by atoms with van der Waals surface area (Å²) < 4.78 is 32.6. The van der Waals surface area contributed by atoms with Crippen molar-refractivity contribution in [2.45, 2.75) is 238 Å². The standard InChI is InChI=1S/C47H87NO5S/c1-3-5-7-9-11-13-15-17-19-21-23-24-25-27-29-31-33-35-37-39-41-43-47(50)48-45(44-54(51,52)53)46(49)42-40-38-36-34-32-30-28-26-22-20-18-16-14-12-10-8-6-4-2/h21-23,26,32,34,40,42,45-46,49H,3-20,24-25,27-31,33,35-39,41,43-44H2,1-2H3,(H,48,50)(H,51,52,53)/b23-21-,26-22+,34-32+,42-40+. The first-order valence-electron chi connectivity index (χ1n) is 22.8. The quantitative estimate of drug-likeness (QED) is 0.0326. The number of carbonyl (C=O) groups excluding carboxylic acids is 1. The molecule has 6 nitrogen and oxygen atoms in total. The molecule has 0 saturated heterocycles. The Bertz CT molecular complexity index is 1030. The molecule has 316 valence electrons. The van der Waals surface area contributed by atoms with Crippen molar-refractivity contribution >= 4 is 16.0 Å². The lowest BCUT2D eigenvalue weighted by atomic mass is 10.0. The molecule has 2 unspecified atom stereocenters. The third-order valence-electron chi connectivity index (χ3n) is 10.2. The van der Waals surface area contributed by atoms with Crippen molar-refractivity contribution in [3.63, 3.8) is 0 Å². The molecule has 0 aromatic rings. The number of aliphatic hydroxyl groups excluding tert-OH is 1. The fourth-order valence-corrected chi connectivity index (χ4v) is 7.50. The van der Waals surface area contributed by atoms with Gasteiger partial charge in [-0.2, -0.15) is 8.42 Å². The molecule has 54 heavy (non-hydrogen) atoms. The van der Waals surface area contributed by atoms with Crippen LogP contribution in [0.1, 0.15) is 226 Å². The maximum atomic E-state index is 12.5. The highest BCUT2D eigenvalue weighted by Crippen LogP contribution is 2.14. The van der Waals surface area contributed by atoms with E-state index in [4.69, 9.17) is 0 Å². The second kappa shape index (κ2) is 40.9. The Labute approximate surface area is 335 Å². The predicted molar refractivity (Wildman–Crippen MR) is 235 cm³/mol. The average molecular weight is 778 g/mol. The van der Waals surface area contributed by atoms with Crippen LogP contribution in [0.3, 0.4) is 0 Å². The van der Waals surface area contributed by atoms with Crippen molar-refractivity contribution < 1.29 is 22.9 Å². The Morgan fingerprint density at radius 2 is 0.796 bits per heavy atom. The summed E-state index contributed by atoms with van der Waals surface area (Å²) in [4.78, 5) is 12.5. The Balaban J connectivity index is 3.92. The zero-order valence-corrected chi connectivity index (χ0v) is 36.2. The Kier molecular flexibility index (Phi) is 39.7. The van der Waals surface area contributed by atoms with Crippen LogP contribution in [-0.2, 0) is 14.9 Å². The first kappa shape index (κ1) is 52.3. The van der Waals surface area contributed by atoms with Crippen LogP contribution >= 0.6 is 0 Å². The van der Waals surface area contributed by atoms with Crippen molar-refractivity contribution in [3.05, 3.63) is 48.6 Å². The molecule has 1 amide bonds. The molecule has 0 rings (SSSR count). The van der Waals surface area contributed by atoms with E-state index in [-0.39, 0.29) is 12.3 Å². The second-order valence-electron chi connectivity index (χ2n) is 15.7. The fraction of sp³-hybridized carbons (Fsp3) is 0.809. The van der Waals surface area contributed by atoms with Gasteiger partial charge in [0, 0.05) is 6.42 Å². The number of allylic oxidation sites excluding steroid dienone is 7. The molecule has 7 heteroatoms. The number of nitrogens with one attached hydrogen (secondary N) is 1. The van der Waals surface area contributed by atoms with E-state index < -0.39 is 28.0 Å². The largest absolute Gasteiger partial charge is 0.387 e. The molecule has 0 saturated carbocycles. The van der Waals surface area contributed by atoms with Crippen molar-refractivity contribution in [3.8, 4) is 0 Å². The molecule has 0 radical (unpaired) electrons.